The lowest BCUT2D eigenvalue weighted by molar-refractivity contribution is 0.102. The largest absolute Gasteiger partial charge is 0.306 e. The van der Waals surface area contributed by atoms with E-state index in [0.29, 0.717) is 31.2 Å². The van der Waals surface area contributed by atoms with Crippen molar-refractivity contribution in [3.8, 4) is 11.3 Å². The number of hydrogen-bond acceptors (Lipinski definition) is 3. The number of halogens is 3. The maximum Gasteiger partial charge on any atom is 0.257 e. The van der Waals surface area contributed by atoms with Crippen LogP contribution >= 0.6 is 33.9 Å². The van der Waals surface area contributed by atoms with Crippen molar-refractivity contribution in [2.24, 2.45) is 0 Å². The van der Waals surface area contributed by atoms with Gasteiger partial charge in [-0.15, -0.1) is 11.3 Å². The fraction of sp³-hybridized carbons (Fsp3) is 0. The molecule has 0 aliphatic heterocycles. The SMILES string of the molecule is O=C(Nc1c(-c2ccc(F)cc2)nc2sccn12)c1ccc(F)cc1I. The van der Waals surface area contributed by atoms with Crippen LogP contribution in [0.5, 0.6) is 0 Å². The number of imidazole rings is 1. The Morgan fingerprint density at radius 1 is 1.12 bits per heavy atom. The molecular weight excluding hydrogens is 471 g/mol. The van der Waals surface area contributed by atoms with Crippen molar-refractivity contribution in [1.29, 1.82) is 0 Å². The molecular formula is C18H10F2IN3OS. The molecule has 2 heterocycles. The normalized spacial score (nSPS) is 11.0. The number of carbonyl (C=O) groups is 1. The standard InChI is InChI=1S/C18H10F2IN3OS/c19-11-3-1-10(2-4-11)15-16(24-7-8-26-18(24)22-15)23-17(25)13-6-5-12(20)9-14(13)21/h1-9H,(H,23,25). The molecule has 2 aromatic carbocycles. The lowest BCUT2D eigenvalue weighted by atomic mass is 10.1. The van der Waals surface area contributed by atoms with E-state index in [2.05, 4.69) is 10.3 Å². The molecule has 0 atom stereocenters. The van der Waals surface area contributed by atoms with Crippen molar-refractivity contribution in [3.63, 3.8) is 0 Å². The maximum atomic E-state index is 13.3. The molecule has 1 amide bonds. The lowest BCUT2D eigenvalue weighted by Gasteiger charge is -2.09. The van der Waals surface area contributed by atoms with E-state index in [0.717, 1.165) is 0 Å². The Balaban J connectivity index is 1.77. The van der Waals surface area contributed by atoms with E-state index in [1.807, 2.05) is 28.0 Å². The summed E-state index contributed by atoms with van der Waals surface area (Å²) in [5.41, 5.74) is 1.59. The monoisotopic (exact) mass is 481 g/mol. The minimum absolute atomic E-state index is 0.346. The highest BCUT2D eigenvalue weighted by Gasteiger charge is 2.19. The van der Waals surface area contributed by atoms with Gasteiger partial charge in [-0.1, -0.05) is 0 Å². The first kappa shape index (κ1) is 17.1. The summed E-state index contributed by atoms with van der Waals surface area (Å²) in [7, 11) is 0. The number of amides is 1. The molecule has 0 fully saturated rings. The van der Waals surface area contributed by atoms with Crippen LogP contribution in [-0.2, 0) is 0 Å². The molecule has 4 nitrogen and oxygen atoms in total. The number of nitrogens with one attached hydrogen (secondary N) is 1. The summed E-state index contributed by atoms with van der Waals surface area (Å²) < 4.78 is 28.8. The zero-order chi connectivity index (χ0) is 18.3. The average Bonchev–Trinajstić information content (AvgIpc) is 3.18. The molecule has 0 saturated carbocycles. The Hall–Kier alpha value is -2.33. The van der Waals surface area contributed by atoms with Gasteiger partial charge in [-0.2, -0.15) is 0 Å². The molecule has 0 aliphatic rings. The second-order valence-electron chi connectivity index (χ2n) is 5.45. The van der Waals surface area contributed by atoms with Crippen molar-refractivity contribution in [1.82, 2.24) is 9.38 Å². The summed E-state index contributed by atoms with van der Waals surface area (Å²) in [5.74, 6) is -0.632. The van der Waals surface area contributed by atoms with Crippen LogP contribution in [0.2, 0.25) is 0 Å². The van der Waals surface area contributed by atoms with Crippen molar-refractivity contribution in [2.75, 3.05) is 5.32 Å². The summed E-state index contributed by atoms with van der Waals surface area (Å²) in [4.78, 5) is 18.0. The Morgan fingerprint density at radius 3 is 2.58 bits per heavy atom. The molecule has 0 bridgehead atoms. The number of thiazole rings is 1. The number of aromatic nitrogens is 2. The molecule has 0 radical (unpaired) electrons. The quantitative estimate of drug-likeness (QED) is 0.409. The third-order valence-electron chi connectivity index (χ3n) is 3.79. The van der Waals surface area contributed by atoms with Gasteiger partial charge in [0, 0.05) is 20.7 Å². The van der Waals surface area contributed by atoms with Crippen molar-refractivity contribution < 1.29 is 13.6 Å². The van der Waals surface area contributed by atoms with Crippen molar-refractivity contribution in [2.45, 2.75) is 0 Å². The molecule has 0 saturated heterocycles. The third-order valence-corrected chi connectivity index (χ3v) is 5.44. The molecule has 26 heavy (non-hydrogen) atoms. The molecule has 1 N–H and O–H groups in total. The predicted octanol–water partition coefficient (Wildman–Crippen LogP) is 5.20. The van der Waals surface area contributed by atoms with Crippen molar-refractivity contribution in [3.05, 3.63) is 74.8 Å². The number of rotatable bonds is 3. The van der Waals surface area contributed by atoms with Crippen LogP contribution in [0.15, 0.2) is 54.0 Å². The molecule has 130 valence electrons. The summed E-state index contributed by atoms with van der Waals surface area (Å²) >= 11 is 3.34. The highest BCUT2D eigenvalue weighted by molar-refractivity contribution is 14.1. The summed E-state index contributed by atoms with van der Waals surface area (Å²) in [6.45, 7) is 0. The number of hydrogen-bond donors (Lipinski definition) is 1. The smallest absolute Gasteiger partial charge is 0.257 e. The van der Waals surface area contributed by atoms with Gasteiger partial charge in [-0.3, -0.25) is 9.20 Å². The van der Waals surface area contributed by atoms with E-state index in [9.17, 15) is 13.6 Å². The molecule has 2 aromatic heterocycles. The predicted molar refractivity (Wildman–Crippen MR) is 106 cm³/mol. The number of carbonyl (C=O) groups excluding carboxylic acids is 1. The minimum Gasteiger partial charge on any atom is -0.306 e. The van der Waals surface area contributed by atoms with Gasteiger partial charge in [0.1, 0.15) is 23.1 Å². The van der Waals surface area contributed by atoms with Gasteiger partial charge in [0.2, 0.25) is 0 Å². The second-order valence-corrected chi connectivity index (χ2v) is 7.48. The Bertz CT molecular complexity index is 1120. The number of nitrogens with zero attached hydrogens (tertiary/aromatic N) is 2. The summed E-state index contributed by atoms with van der Waals surface area (Å²) in [6.07, 6.45) is 1.80. The van der Waals surface area contributed by atoms with Crippen LogP contribution in [0.25, 0.3) is 16.2 Å². The van der Waals surface area contributed by atoms with Crippen LogP contribution in [0.3, 0.4) is 0 Å². The molecule has 4 rings (SSSR count). The maximum absolute atomic E-state index is 13.3. The van der Waals surface area contributed by atoms with Gasteiger partial charge in [-0.05, 0) is 65.1 Å². The van der Waals surface area contributed by atoms with Gasteiger partial charge in [0.25, 0.3) is 5.91 Å². The first-order chi connectivity index (χ1) is 12.5. The first-order valence-electron chi connectivity index (χ1n) is 7.51. The van der Waals surface area contributed by atoms with E-state index < -0.39 is 5.82 Å². The molecule has 0 aliphatic carbocycles. The number of fused-ring (bicyclic) bond motifs is 1. The van der Waals surface area contributed by atoms with E-state index in [-0.39, 0.29) is 11.7 Å². The van der Waals surface area contributed by atoms with Gasteiger partial charge in [0.05, 0.1) is 5.56 Å². The van der Waals surface area contributed by atoms with E-state index in [1.54, 1.807) is 22.7 Å². The van der Waals surface area contributed by atoms with Crippen LogP contribution in [0.1, 0.15) is 10.4 Å². The first-order valence-corrected chi connectivity index (χ1v) is 9.46. The van der Waals surface area contributed by atoms with E-state index >= 15 is 0 Å². The van der Waals surface area contributed by atoms with E-state index in [1.165, 1.54) is 41.7 Å². The Labute approximate surface area is 164 Å². The zero-order valence-electron chi connectivity index (χ0n) is 13.0. The summed E-state index contributed by atoms with van der Waals surface area (Å²) in [6, 6.07) is 9.89. The van der Waals surface area contributed by atoms with Crippen LogP contribution < -0.4 is 5.32 Å². The van der Waals surface area contributed by atoms with Crippen LogP contribution in [0, 0.1) is 15.2 Å². The number of benzene rings is 2. The average molecular weight is 481 g/mol. The highest BCUT2D eigenvalue weighted by atomic mass is 127. The summed E-state index contributed by atoms with van der Waals surface area (Å²) in [5, 5.41) is 4.71. The third kappa shape index (κ3) is 3.10. The van der Waals surface area contributed by atoms with E-state index in [4.69, 9.17) is 0 Å². The van der Waals surface area contributed by atoms with Gasteiger partial charge < -0.3 is 5.32 Å². The second kappa shape index (κ2) is 6.76. The molecule has 4 aromatic rings. The highest BCUT2D eigenvalue weighted by Crippen LogP contribution is 2.31. The van der Waals surface area contributed by atoms with Gasteiger partial charge in [-0.25, -0.2) is 13.8 Å². The molecule has 8 heteroatoms. The lowest BCUT2D eigenvalue weighted by Crippen LogP contribution is -2.15. The topological polar surface area (TPSA) is 46.4 Å². The van der Waals surface area contributed by atoms with Crippen LogP contribution in [0.4, 0.5) is 14.6 Å². The Kier molecular flexibility index (Phi) is 4.45. The molecule has 0 unspecified atom stereocenters. The number of anilines is 1. The molecule has 0 spiro atoms. The zero-order valence-corrected chi connectivity index (χ0v) is 16.0. The minimum atomic E-state index is -0.400. The Morgan fingerprint density at radius 2 is 1.85 bits per heavy atom. The fourth-order valence-corrected chi connectivity index (χ4v) is 4.00. The van der Waals surface area contributed by atoms with Crippen molar-refractivity contribution >= 4 is 50.6 Å². The fourth-order valence-electron chi connectivity index (χ4n) is 2.56. The van der Waals surface area contributed by atoms with Gasteiger partial charge >= 0.3 is 0 Å². The van der Waals surface area contributed by atoms with Gasteiger partial charge in [0.15, 0.2) is 4.96 Å². The van der Waals surface area contributed by atoms with Crippen LogP contribution in [-0.4, -0.2) is 15.3 Å².